The van der Waals surface area contributed by atoms with Gasteiger partial charge < -0.3 is 14.4 Å². The van der Waals surface area contributed by atoms with Gasteiger partial charge in [0.05, 0.1) is 12.7 Å². The molecule has 138 valence electrons. The maximum atomic E-state index is 6.26. The number of likely N-dealkylation sites (tertiary alicyclic amines) is 1. The van der Waals surface area contributed by atoms with Gasteiger partial charge in [0.15, 0.2) is 11.5 Å². The molecule has 1 fully saturated rings. The monoisotopic (exact) mass is 389 g/mol. The zero-order chi connectivity index (χ0) is 18.5. The van der Waals surface area contributed by atoms with E-state index in [-0.39, 0.29) is 0 Å². The van der Waals surface area contributed by atoms with Crippen LogP contribution >= 0.6 is 23.8 Å². The van der Waals surface area contributed by atoms with Crippen molar-refractivity contribution in [3.63, 3.8) is 0 Å². The van der Waals surface area contributed by atoms with E-state index < -0.39 is 0 Å². The lowest BCUT2D eigenvalue weighted by molar-refractivity contribution is 0.275. The number of piperidine rings is 1. The van der Waals surface area contributed by atoms with Gasteiger partial charge in [0.1, 0.15) is 11.6 Å². The van der Waals surface area contributed by atoms with Crippen molar-refractivity contribution in [3.8, 4) is 11.5 Å². The zero-order valence-corrected chi connectivity index (χ0v) is 16.8. The molecule has 5 heteroatoms. The van der Waals surface area contributed by atoms with Gasteiger partial charge in [-0.3, -0.25) is 0 Å². The van der Waals surface area contributed by atoms with Crippen LogP contribution in [0.3, 0.4) is 0 Å². The highest BCUT2D eigenvalue weighted by Crippen LogP contribution is 2.34. The summed E-state index contributed by atoms with van der Waals surface area (Å²) in [6.07, 6.45) is 2.33. The number of para-hydroxylation sites is 1. The number of thiocarbonyl (C=S) groups is 1. The molecular formula is C21H24ClNO2S. The third kappa shape index (κ3) is 4.30. The van der Waals surface area contributed by atoms with Gasteiger partial charge in [-0.05, 0) is 37.0 Å². The van der Waals surface area contributed by atoms with Gasteiger partial charge in [0, 0.05) is 23.7 Å². The van der Waals surface area contributed by atoms with Crippen molar-refractivity contribution in [2.24, 2.45) is 5.92 Å². The Kier molecular flexibility index (Phi) is 6.38. The molecular weight excluding hydrogens is 366 g/mol. The number of rotatable bonds is 5. The van der Waals surface area contributed by atoms with Gasteiger partial charge in [-0.1, -0.05) is 55.0 Å². The largest absolute Gasteiger partial charge is 0.493 e. The second-order valence-electron chi connectivity index (χ2n) is 6.69. The van der Waals surface area contributed by atoms with Crippen molar-refractivity contribution in [2.45, 2.75) is 26.4 Å². The predicted octanol–water partition coefficient (Wildman–Crippen LogP) is 5.34. The summed E-state index contributed by atoms with van der Waals surface area (Å²) in [4.78, 5) is 3.09. The zero-order valence-electron chi connectivity index (χ0n) is 15.2. The lowest BCUT2D eigenvalue weighted by Crippen LogP contribution is -2.37. The first-order valence-electron chi connectivity index (χ1n) is 8.92. The van der Waals surface area contributed by atoms with E-state index in [0.717, 1.165) is 35.1 Å². The molecule has 0 spiro atoms. The Morgan fingerprint density at radius 1 is 1.15 bits per heavy atom. The van der Waals surface area contributed by atoms with E-state index in [1.54, 1.807) is 7.11 Å². The summed E-state index contributed by atoms with van der Waals surface area (Å²) in [7, 11) is 1.65. The first-order valence-corrected chi connectivity index (χ1v) is 9.71. The molecule has 2 aromatic carbocycles. The van der Waals surface area contributed by atoms with Gasteiger partial charge in [0.2, 0.25) is 0 Å². The molecule has 0 aliphatic carbocycles. The van der Waals surface area contributed by atoms with Gasteiger partial charge in [0.25, 0.3) is 0 Å². The minimum Gasteiger partial charge on any atom is -0.493 e. The van der Waals surface area contributed by atoms with Crippen LogP contribution in [-0.2, 0) is 6.61 Å². The van der Waals surface area contributed by atoms with E-state index in [1.165, 1.54) is 12.8 Å². The van der Waals surface area contributed by atoms with Crippen LogP contribution in [0.5, 0.6) is 11.5 Å². The Hall–Kier alpha value is -1.78. The summed E-state index contributed by atoms with van der Waals surface area (Å²) in [5.74, 6) is 2.12. The van der Waals surface area contributed by atoms with Crippen molar-refractivity contribution >= 4 is 28.8 Å². The van der Waals surface area contributed by atoms with Crippen LogP contribution < -0.4 is 9.47 Å². The number of ether oxygens (including phenoxy) is 2. The van der Waals surface area contributed by atoms with Crippen LogP contribution in [0.25, 0.3) is 0 Å². The summed E-state index contributed by atoms with van der Waals surface area (Å²) in [6.45, 7) is 4.64. The number of nitrogens with zero attached hydrogens (tertiary/aromatic N) is 1. The van der Waals surface area contributed by atoms with E-state index >= 15 is 0 Å². The first kappa shape index (κ1) is 19.0. The second-order valence-corrected chi connectivity index (χ2v) is 7.49. The Balaban J connectivity index is 1.84. The highest BCUT2D eigenvalue weighted by Gasteiger charge is 2.23. The first-order chi connectivity index (χ1) is 12.6. The lowest BCUT2D eigenvalue weighted by atomic mass is 9.98. The summed E-state index contributed by atoms with van der Waals surface area (Å²) in [5.41, 5.74) is 1.84. The van der Waals surface area contributed by atoms with E-state index in [0.29, 0.717) is 23.1 Å². The summed E-state index contributed by atoms with van der Waals surface area (Å²) in [5, 5.41) is 0.691. The summed E-state index contributed by atoms with van der Waals surface area (Å²) in [6, 6.07) is 13.5. The van der Waals surface area contributed by atoms with Crippen LogP contribution in [0.15, 0.2) is 42.5 Å². The van der Waals surface area contributed by atoms with Crippen LogP contribution in [0.2, 0.25) is 5.02 Å². The maximum Gasteiger partial charge on any atom is 0.171 e. The SMILES string of the molecule is COc1cccc(C(=S)N2CCC(C)CC2)c1OCc1ccccc1Cl. The van der Waals surface area contributed by atoms with Crippen molar-refractivity contribution in [1.29, 1.82) is 0 Å². The molecule has 0 aromatic heterocycles. The van der Waals surface area contributed by atoms with Gasteiger partial charge in [-0.25, -0.2) is 0 Å². The van der Waals surface area contributed by atoms with Crippen LogP contribution in [0, 0.1) is 5.92 Å². The fourth-order valence-electron chi connectivity index (χ4n) is 3.14. The molecule has 1 saturated heterocycles. The molecule has 0 radical (unpaired) electrons. The Morgan fingerprint density at radius 3 is 2.58 bits per heavy atom. The lowest BCUT2D eigenvalue weighted by Gasteiger charge is -2.33. The number of halogens is 1. The molecule has 26 heavy (non-hydrogen) atoms. The quantitative estimate of drug-likeness (QED) is 0.644. The molecule has 2 aromatic rings. The Bertz CT molecular complexity index is 772. The summed E-state index contributed by atoms with van der Waals surface area (Å²) >= 11 is 12.1. The molecule has 1 aliphatic heterocycles. The van der Waals surface area contributed by atoms with Crippen LogP contribution in [-0.4, -0.2) is 30.1 Å². The predicted molar refractivity (Wildman–Crippen MR) is 110 cm³/mol. The molecule has 3 nitrogen and oxygen atoms in total. The third-order valence-corrected chi connectivity index (χ3v) is 5.68. The van der Waals surface area contributed by atoms with E-state index in [4.69, 9.17) is 33.3 Å². The molecule has 0 N–H and O–H groups in total. The van der Waals surface area contributed by atoms with Crippen molar-refractivity contribution in [3.05, 3.63) is 58.6 Å². The number of hydrogen-bond donors (Lipinski definition) is 0. The normalized spacial score (nSPS) is 15.0. The Labute approximate surface area is 165 Å². The van der Waals surface area contributed by atoms with Crippen molar-refractivity contribution < 1.29 is 9.47 Å². The van der Waals surface area contributed by atoms with Gasteiger partial charge >= 0.3 is 0 Å². The number of methoxy groups -OCH3 is 1. The molecule has 1 heterocycles. The molecule has 3 rings (SSSR count). The third-order valence-electron chi connectivity index (χ3n) is 4.83. The highest BCUT2D eigenvalue weighted by atomic mass is 35.5. The molecule has 0 atom stereocenters. The topological polar surface area (TPSA) is 21.7 Å². The number of hydrogen-bond acceptors (Lipinski definition) is 3. The molecule has 1 aliphatic rings. The molecule has 0 saturated carbocycles. The fourth-order valence-corrected chi connectivity index (χ4v) is 3.67. The molecule has 0 unspecified atom stereocenters. The maximum absolute atomic E-state index is 6.26. The van der Waals surface area contributed by atoms with Crippen LogP contribution in [0.4, 0.5) is 0 Å². The average Bonchev–Trinajstić information content (AvgIpc) is 2.67. The average molecular weight is 390 g/mol. The number of benzene rings is 2. The second kappa shape index (κ2) is 8.74. The van der Waals surface area contributed by atoms with Crippen molar-refractivity contribution in [2.75, 3.05) is 20.2 Å². The van der Waals surface area contributed by atoms with E-state index in [9.17, 15) is 0 Å². The minimum absolute atomic E-state index is 0.368. The highest BCUT2D eigenvalue weighted by molar-refractivity contribution is 7.80. The molecule has 0 amide bonds. The van der Waals surface area contributed by atoms with E-state index in [1.807, 2.05) is 42.5 Å². The van der Waals surface area contributed by atoms with E-state index in [2.05, 4.69) is 11.8 Å². The fraction of sp³-hybridized carbons (Fsp3) is 0.381. The van der Waals surface area contributed by atoms with Crippen LogP contribution in [0.1, 0.15) is 30.9 Å². The summed E-state index contributed by atoms with van der Waals surface area (Å²) < 4.78 is 11.7. The Morgan fingerprint density at radius 2 is 1.88 bits per heavy atom. The van der Waals surface area contributed by atoms with Gasteiger partial charge in [-0.2, -0.15) is 0 Å². The molecule has 0 bridgehead atoms. The smallest absolute Gasteiger partial charge is 0.171 e. The van der Waals surface area contributed by atoms with Crippen molar-refractivity contribution in [1.82, 2.24) is 4.90 Å². The van der Waals surface area contributed by atoms with Gasteiger partial charge in [-0.15, -0.1) is 0 Å². The standard InChI is InChI=1S/C21H24ClNO2S/c1-15-10-12-23(13-11-15)21(26)17-7-5-9-19(24-2)20(17)25-14-16-6-3-4-8-18(16)22/h3-9,15H,10-14H2,1-2H3. The minimum atomic E-state index is 0.368.